The molecule has 0 unspecified atom stereocenters. The van der Waals surface area contributed by atoms with Gasteiger partial charge < -0.3 is 21.5 Å². The lowest BCUT2D eigenvalue weighted by Crippen LogP contribution is -2.33. The highest BCUT2D eigenvalue weighted by atomic mass is 16.5. The van der Waals surface area contributed by atoms with Gasteiger partial charge in [0.15, 0.2) is 5.78 Å². The van der Waals surface area contributed by atoms with Crippen molar-refractivity contribution in [3.8, 4) is 0 Å². The topological polar surface area (TPSA) is 107 Å². The summed E-state index contributed by atoms with van der Waals surface area (Å²) in [5.41, 5.74) is 10.1. The molecule has 0 aromatic rings. The highest BCUT2D eigenvalue weighted by Crippen LogP contribution is 1.75. The maximum atomic E-state index is 10.6. The van der Waals surface area contributed by atoms with E-state index in [1.165, 1.54) is 0 Å². The van der Waals surface area contributed by atoms with Crippen LogP contribution in [-0.2, 0) is 14.3 Å². The van der Waals surface area contributed by atoms with Crippen LogP contribution in [0.25, 0.3) is 0 Å². The third-order valence-electron chi connectivity index (χ3n) is 1.24. The van der Waals surface area contributed by atoms with Crippen LogP contribution in [0.3, 0.4) is 0 Å². The number of amides is 1. The van der Waals surface area contributed by atoms with Gasteiger partial charge in [0.2, 0.25) is 5.91 Å². The second kappa shape index (κ2) is 7.66. The molecule has 0 rings (SSSR count). The number of ether oxygens (including phenoxy) is 1. The monoisotopic (exact) mass is 189 g/mol. The molecular formula is C7H15N3O3. The molecule has 0 bridgehead atoms. The maximum Gasteiger partial charge on any atom is 0.233 e. The molecule has 0 aliphatic rings. The molecule has 0 aliphatic carbocycles. The zero-order chi connectivity index (χ0) is 10.1. The number of hydrogen-bond acceptors (Lipinski definition) is 5. The highest BCUT2D eigenvalue weighted by Gasteiger charge is 1.98. The van der Waals surface area contributed by atoms with Crippen molar-refractivity contribution in [1.82, 2.24) is 5.32 Å². The number of Topliss-reactive ketones (excluding diaryl/α,β-unsaturated/α-hetero) is 1. The molecule has 0 radical (unpaired) electrons. The minimum absolute atomic E-state index is 0.00496. The van der Waals surface area contributed by atoms with E-state index in [1.54, 1.807) is 0 Å². The summed E-state index contributed by atoms with van der Waals surface area (Å²) in [4.78, 5) is 21.2. The second-order valence-electron chi connectivity index (χ2n) is 2.35. The van der Waals surface area contributed by atoms with Crippen molar-refractivity contribution in [3.05, 3.63) is 0 Å². The predicted octanol–water partition coefficient (Wildman–Crippen LogP) is -2.39. The normalized spacial score (nSPS) is 9.69. The fraction of sp³-hybridized carbons (Fsp3) is 0.714. The van der Waals surface area contributed by atoms with Gasteiger partial charge in [0.05, 0.1) is 19.7 Å². The van der Waals surface area contributed by atoms with Gasteiger partial charge in [-0.15, -0.1) is 0 Å². The van der Waals surface area contributed by atoms with Crippen molar-refractivity contribution in [2.75, 3.05) is 32.8 Å². The zero-order valence-electron chi connectivity index (χ0n) is 7.41. The molecular weight excluding hydrogens is 174 g/mol. The summed E-state index contributed by atoms with van der Waals surface area (Å²) in [6.45, 7) is 0.581. The van der Waals surface area contributed by atoms with Crippen molar-refractivity contribution >= 4 is 11.7 Å². The Kier molecular flexibility index (Phi) is 7.08. The Morgan fingerprint density at radius 3 is 2.46 bits per heavy atom. The SMILES string of the molecule is NCC(=O)COCCNC(=O)CN. The standard InChI is InChI=1S/C7H15N3O3/c8-3-6(11)5-13-2-1-10-7(12)4-9/h1-5,8-9H2,(H,10,12). The molecule has 0 spiro atoms. The summed E-state index contributed by atoms with van der Waals surface area (Å²) in [7, 11) is 0. The maximum absolute atomic E-state index is 10.6. The first-order valence-corrected chi connectivity index (χ1v) is 3.97. The summed E-state index contributed by atoms with van der Waals surface area (Å²) in [6, 6.07) is 0. The Balaban J connectivity index is 3.17. The Morgan fingerprint density at radius 2 is 1.92 bits per heavy atom. The number of carbonyl (C=O) groups excluding carboxylic acids is 2. The van der Waals surface area contributed by atoms with Crippen molar-refractivity contribution < 1.29 is 14.3 Å². The first-order valence-electron chi connectivity index (χ1n) is 3.97. The smallest absolute Gasteiger partial charge is 0.233 e. The molecule has 13 heavy (non-hydrogen) atoms. The fourth-order valence-corrected chi connectivity index (χ4v) is 0.580. The molecule has 1 amide bonds. The molecule has 6 nitrogen and oxygen atoms in total. The lowest BCUT2D eigenvalue weighted by Gasteiger charge is -2.03. The van der Waals surface area contributed by atoms with Gasteiger partial charge in [-0.1, -0.05) is 0 Å². The summed E-state index contributed by atoms with van der Waals surface area (Å²) in [6.07, 6.45) is 0. The van der Waals surface area contributed by atoms with E-state index in [-0.39, 0.29) is 38.0 Å². The van der Waals surface area contributed by atoms with Crippen molar-refractivity contribution in [3.63, 3.8) is 0 Å². The Labute approximate surface area is 76.6 Å². The van der Waals surface area contributed by atoms with Crippen molar-refractivity contribution in [2.45, 2.75) is 0 Å². The molecule has 0 fully saturated rings. The van der Waals surface area contributed by atoms with E-state index in [0.29, 0.717) is 6.54 Å². The number of ketones is 1. The number of hydrogen-bond donors (Lipinski definition) is 3. The molecule has 0 atom stereocenters. The lowest BCUT2D eigenvalue weighted by atomic mass is 10.4. The molecule has 0 aliphatic heterocycles. The van der Waals surface area contributed by atoms with E-state index in [9.17, 15) is 9.59 Å². The van der Waals surface area contributed by atoms with Gasteiger partial charge in [-0.2, -0.15) is 0 Å². The average Bonchev–Trinajstić information content (AvgIpc) is 2.16. The van der Waals surface area contributed by atoms with Crippen molar-refractivity contribution in [2.24, 2.45) is 11.5 Å². The zero-order valence-corrected chi connectivity index (χ0v) is 7.41. The predicted molar refractivity (Wildman–Crippen MR) is 46.9 cm³/mol. The van der Waals surface area contributed by atoms with Crippen LogP contribution < -0.4 is 16.8 Å². The van der Waals surface area contributed by atoms with Crippen LogP contribution in [0.4, 0.5) is 0 Å². The van der Waals surface area contributed by atoms with Gasteiger partial charge >= 0.3 is 0 Å². The molecule has 0 saturated carbocycles. The van der Waals surface area contributed by atoms with Crippen LogP contribution in [0.1, 0.15) is 0 Å². The molecule has 0 heterocycles. The quantitative estimate of drug-likeness (QED) is 0.387. The minimum atomic E-state index is -0.242. The van der Waals surface area contributed by atoms with Gasteiger partial charge in [-0.3, -0.25) is 9.59 Å². The highest BCUT2D eigenvalue weighted by molar-refractivity contribution is 5.81. The average molecular weight is 189 g/mol. The number of rotatable bonds is 7. The summed E-state index contributed by atoms with van der Waals surface area (Å²) >= 11 is 0. The van der Waals surface area contributed by atoms with E-state index in [4.69, 9.17) is 16.2 Å². The number of carbonyl (C=O) groups is 2. The first kappa shape index (κ1) is 12.0. The summed E-state index contributed by atoms with van der Waals surface area (Å²) < 4.78 is 4.90. The lowest BCUT2D eigenvalue weighted by molar-refractivity contribution is -0.122. The molecule has 0 saturated heterocycles. The van der Waals surface area contributed by atoms with Crippen LogP contribution in [0.2, 0.25) is 0 Å². The fourth-order valence-electron chi connectivity index (χ4n) is 0.580. The van der Waals surface area contributed by atoms with Crippen LogP contribution in [0.5, 0.6) is 0 Å². The first-order chi connectivity index (χ1) is 6.20. The van der Waals surface area contributed by atoms with Gasteiger partial charge in [-0.25, -0.2) is 0 Å². The van der Waals surface area contributed by atoms with Crippen LogP contribution in [0.15, 0.2) is 0 Å². The van der Waals surface area contributed by atoms with Gasteiger partial charge in [0.1, 0.15) is 6.61 Å². The third kappa shape index (κ3) is 7.38. The van der Waals surface area contributed by atoms with Gasteiger partial charge in [0, 0.05) is 6.54 Å². The Morgan fingerprint density at radius 1 is 1.23 bits per heavy atom. The largest absolute Gasteiger partial charge is 0.372 e. The number of nitrogens with one attached hydrogen (secondary N) is 1. The molecule has 6 heteroatoms. The second-order valence-corrected chi connectivity index (χ2v) is 2.35. The van der Waals surface area contributed by atoms with Gasteiger partial charge in [-0.05, 0) is 0 Å². The van der Waals surface area contributed by atoms with Crippen molar-refractivity contribution in [1.29, 1.82) is 0 Å². The van der Waals surface area contributed by atoms with E-state index in [0.717, 1.165) is 0 Å². The van der Waals surface area contributed by atoms with E-state index < -0.39 is 0 Å². The van der Waals surface area contributed by atoms with Crippen LogP contribution >= 0.6 is 0 Å². The third-order valence-corrected chi connectivity index (χ3v) is 1.24. The molecule has 5 N–H and O–H groups in total. The minimum Gasteiger partial charge on any atom is -0.372 e. The molecule has 76 valence electrons. The van der Waals surface area contributed by atoms with Crippen LogP contribution in [-0.4, -0.2) is 44.5 Å². The number of nitrogens with two attached hydrogens (primary N) is 2. The van der Waals surface area contributed by atoms with E-state index in [1.807, 2.05) is 0 Å². The van der Waals surface area contributed by atoms with E-state index >= 15 is 0 Å². The Hall–Kier alpha value is -0.980. The Bertz CT molecular complexity index is 154. The van der Waals surface area contributed by atoms with Crippen LogP contribution in [0, 0.1) is 0 Å². The summed E-state index contributed by atoms with van der Waals surface area (Å²) in [5, 5.41) is 2.49. The molecule has 0 aromatic heterocycles. The van der Waals surface area contributed by atoms with E-state index in [2.05, 4.69) is 5.32 Å². The van der Waals surface area contributed by atoms with Gasteiger partial charge in [0.25, 0.3) is 0 Å². The molecule has 0 aromatic carbocycles. The summed E-state index contributed by atoms with van der Waals surface area (Å²) in [5.74, 6) is -0.404.